The lowest BCUT2D eigenvalue weighted by Gasteiger charge is -2.29. The van der Waals surface area contributed by atoms with Crippen LogP contribution in [0, 0.1) is 22.7 Å². The highest BCUT2D eigenvalue weighted by molar-refractivity contribution is 5.85. The smallest absolute Gasteiger partial charge is 0.240 e. The third kappa shape index (κ3) is 3.46. The monoisotopic (exact) mass is 236 g/mol. The highest BCUT2D eigenvalue weighted by Gasteiger charge is 2.37. The number of nitrogens with one attached hydrogen (secondary N) is 1. The van der Waals surface area contributed by atoms with Gasteiger partial charge in [-0.25, -0.2) is 0 Å². The van der Waals surface area contributed by atoms with Gasteiger partial charge in [0.2, 0.25) is 5.91 Å². The van der Waals surface area contributed by atoms with Crippen LogP contribution in [-0.2, 0) is 4.79 Å². The molecule has 0 bridgehead atoms. The molecule has 96 valence electrons. The van der Waals surface area contributed by atoms with Crippen LogP contribution in [0.3, 0.4) is 0 Å². The zero-order chi connectivity index (χ0) is 12.7. The molecule has 3 nitrogen and oxygen atoms in total. The van der Waals surface area contributed by atoms with Gasteiger partial charge in [-0.2, -0.15) is 5.26 Å². The van der Waals surface area contributed by atoms with Gasteiger partial charge in [0.05, 0.1) is 6.07 Å². The third-order valence-electron chi connectivity index (χ3n) is 3.78. The van der Waals surface area contributed by atoms with Gasteiger partial charge >= 0.3 is 0 Å². The van der Waals surface area contributed by atoms with Gasteiger partial charge in [0.1, 0.15) is 5.41 Å². The van der Waals surface area contributed by atoms with E-state index in [-0.39, 0.29) is 5.91 Å². The minimum Gasteiger partial charge on any atom is -0.354 e. The fraction of sp³-hybridized carbons (Fsp3) is 0.857. The molecule has 1 rings (SSSR count). The third-order valence-corrected chi connectivity index (χ3v) is 3.78. The molecule has 0 spiro atoms. The maximum Gasteiger partial charge on any atom is 0.240 e. The summed E-state index contributed by atoms with van der Waals surface area (Å²) in [5.74, 6) is 0.606. The molecule has 1 aliphatic carbocycles. The maximum absolute atomic E-state index is 12.2. The van der Waals surface area contributed by atoms with Crippen molar-refractivity contribution < 1.29 is 4.79 Å². The summed E-state index contributed by atoms with van der Waals surface area (Å²) in [6, 6.07) is 2.26. The Labute approximate surface area is 105 Å². The van der Waals surface area contributed by atoms with Crippen LogP contribution in [-0.4, -0.2) is 12.5 Å². The van der Waals surface area contributed by atoms with Crippen molar-refractivity contribution in [3.05, 3.63) is 0 Å². The second kappa shape index (κ2) is 6.64. The van der Waals surface area contributed by atoms with Crippen LogP contribution in [0.25, 0.3) is 0 Å². The lowest BCUT2D eigenvalue weighted by Crippen LogP contribution is -2.43. The highest BCUT2D eigenvalue weighted by atomic mass is 16.2. The maximum atomic E-state index is 12.2. The van der Waals surface area contributed by atoms with Gasteiger partial charge in [0.15, 0.2) is 0 Å². The molecule has 0 radical (unpaired) electrons. The van der Waals surface area contributed by atoms with E-state index < -0.39 is 5.41 Å². The number of nitrogens with zero attached hydrogens (tertiary/aromatic N) is 1. The number of hydrogen-bond donors (Lipinski definition) is 1. The van der Waals surface area contributed by atoms with Crippen molar-refractivity contribution in [2.45, 2.75) is 58.8 Å². The summed E-state index contributed by atoms with van der Waals surface area (Å²) < 4.78 is 0. The van der Waals surface area contributed by atoms with E-state index in [1.807, 2.05) is 13.8 Å². The zero-order valence-electron chi connectivity index (χ0n) is 11.1. The lowest BCUT2D eigenvalue weighted by molar-refractivity contribution is -0.129. The van der Waals surface area contributed by atoms with Gasteiger partial charge < -0.3 is 5.32 Å². The van der Waals surface area contributed by atoms with E-state index in [1.165, 1.54) is 19.3 Å². The molecule has 0 aromatic rings. The summed E-state index contributed by atoms with van der Waals surface area (Å²) in [7, 11) is 0. The minimum absolute atomic E-state index is 0.0457. The van der Waals surface area contributed by atoms with Crippen molar-refractivity contribution in [1.82, 2.24) is 5.32 Å². The molecule has 0 aromatic heterocycles. The first-order valence-electron chi connectivity index (χ1n) is 6.88. The first-order chi connectivity index (χ1) is 8.18. The molecule has 1 fully saturated rings. The molecule has 3 heteroatoms. The predicted molar refractivity (Wildman–Crippen MR) is 68.2 cm³/mol. The van der Waals surface area contributed by atoms with Crippen LogP contribution in [0.5, 0.6) is 0 Å². The van der Waals surface area contributed by atoms with Crippen molar-refractivity contribution in [2.75, 3.05) is 6.54 Å². The molecule has 0 unspecified atom stereocenters. The zero-order valence-corrected chi connectivity index (χ0v) is 11.1. The molecule has 0 atom stereocenters. The Balaban J connectivity index is 2.54. The van der Waals surface area contributed by atoms with Gasteiger partial charge in [0, 0.05) is 6.54 Å². The summed E-state index contributed by atoms with van der Waals surface area (Å²) in [5, 5.41) is 12.3. The molecule has 1 aliphatic rings. The summed E-state index contributed by atoms with van der Waals surface area (Å²) >= 11 is 0. The quantitative estimate of drug-likeness (QED) is 0.738. The van der Waals surface area contributed by atoms with Crippen LogP contribution in [0.15, 0.2) is 0 Å². The standard InChI is InChI=1S/C14H24N2O/c1-3-8-14(11-15,9-4-2)13(17)16-10-12-6-5-7-12/h12H,3-10H2,1-2H3,(H,16,17). The molecule has 0 saturated heterocycles. The van der Waals surface area contributed by atoms with E-state index in [0.29, 0.717) is 18.8 Å². The van der Waals surface area contributed by atoms with E-state index in [1.54, 1.807) is 0 Å². The Bertz CT molecular complexity index is 283. The molecular weight excluding hydrogens is 212 g/mol. The Kier molecular flexibility index (Phi) is 5.47. The average molecular weight is 236 g/mol. The topological polar surface area (TPSA) is 52.9 Å². The molecular formula is C14H24N2O. The van der Waals surface area contributed by atoms with Crippen LogP contribution in [0.1, 0.15) is 58.8 Å². The van der Waals surface area contributed by atoms with E-state index in [2.05, 4.69) is 11.4 Å². The molecule has 1 N–H and O–H groups in total. The minimum atomic E-state index is -0.784. The Hall–Kier alpha value is -1.04. The summed E-state index contributed by atoms with van der Waals surface area (Å²) in [5.41, 5.74) is -0.784. The molecule has 0 heterocycles. The Morgan fingerprint density at radius 1 is 1.35 bits per heavy atom. The molecule has 0 aromatic carbocycles. The van der Waals surface area contributed by atoms with Crippen molar-refractivity contribution in [3.8, 4) is 6.07 Å². The number of carbonyl (C=O) groups is 1. The van der Waals surface area contributed by atoms with Crippen molar-refractivity contribution in [3.63, 3.8) is 0 Å². The van der Waals surface area contributed by atoms with Gasteiger partial charge in [-0.3, -0.25) is 4.79 Å². The van der Waals surface area contributed by atoms with Gasteiger partial charge in [-0.1, -0.05) is 33.1 Å². The normalized spacial score (nSPS) is 16.1. The lowest BCUT2D eigenvalue weighted by atomic mass is 9.79. The molecule has 1 saturated carbocycles. The number of rotatable bonds is 7. The van der Waals surface area contributed by atoms with Gasteiger partial charge in [0.25, 0.3) is 0 Å². The fourth-order valence-corrected chi connectivity index (χ4v) is 2.47. The van der Waals surface area contributed by atoms with Crippen molar-refractivity contribution in [2.24, 2.45) is 11.3 Å². The first-order valence-corrected chi connectivity index (χ1v) is 6.88. The number of hydrogen-bond acceptors (Lipinski definition) is 2. The summed E-state index contributed by atoms with van der Waals surface area (Å²) in [4.78, 5) is 12.2. The second-order valence-corrected chi connectivity index (χ2v) is 5.20. The number of amides is 1. The fourth-order valence-electron chi connectivity index (χ4n) is 2.47. The highest BCUT2D eigenvalue weighted by Crippen LogP contribution is 2.30. The van der Waals surface area contributed by atoms with E-state index >= 15 is 0 Å². The largest absolute Gasteiger partial charge is 0.354 e. The number of nitriles is 1. The average Bonchev–Trinajstić information content (AvgIpc) is 2.26. The van der Waals surface area contributed by atoms with E-state index in [9.17, 15) is 10.1 Å². The Morgan fingerprint density at radius 2 is 1.94 bits per heavy atom. The van der Waals surface area contributed by atoms with Crippen molar-refractivity contribution in [1.29, 1.82) is 5.26 Å². The van der Waals surface area contributed by atoms with Gasteiger partial charge in [-0.15, -0.1) is 0 Å². The van der Waals surface area contributed by atoms with Crippen LogP contribution < -0.4 is 5.32 Å². The molecule has 0 aliphatic heterocycles. The number of carbonyl (C=O) groups excluding carboxylic acids is 1. The second-order valence-electron chi connectivity index (χ2n) is 5.20. The van der Waals surface area contributed by atoms with E-state index in [0.717, 1.165) is 19.4 Å². The summed E-state index contributed by atoms with van der Waals surface area (Å²) in [6.07, 6.45) is 6.84. The molecule has 1 amide bonds. The van der Waals surface area contributed by atoms with Gasteiger partial charge in [-0.05, 0) is 31.6 Å². The molecule has 17 heavy (non-hydrogen) atoms. The van der Waals surface area contributed by atoms with E-state index in [4.69, 9.17) is 0 Å². The van der Waals surface area contributed by atoms with Crippen molar-refractivity contribution >= 4 is 5.91 Å². The SMILES string of the molecule is CCCC(C#N)(CCC)C(=O)NCC1CCC1. The summed E-state index contributed by atoms with van der Waals surface area (Å²) in [6.45, 7) is 4.82. The Morgan fingerprint density at radius 3 is 2.29 bits per heavy atom. The van der Waals surface area contributed by atoms with Crippen LogP contribution >= 0.6 is 0 Å². The van der Waals surface area contributed by atoms with Crippen LogP contribution in [0.2, 0.25) is 0 Å². The first kappa shape index (κ1) is 14.0. The van der Waals surface area contributed by atoms with Crippen LogP contribution in [0.4, 0.5) is 0 Å². The predicted octanol–water partition coefficient (Wildman–Crippen LogP) is 3.01.